The lowest BCUT2D eigenvalue weighted by Crippen LogP contribution is -2.34. The number of ether oxygens (including phenoxy) is 2. The summed E-state index contributed by atoms with van der Waals surface area (Å²) < 4.78 is 47.5. The summed E-state index contributed by atoms with van der Waals surface area (Å²) in [7, 11) is 0. The van der Waals surface area contributed by atoms with Gasteiger partial charge in [0.2, 0.25) is 0 Å². The van der Waals surface area contributed by atoms with Crippen LogP contribution < -0.4 is 14.8 Å². The Morgan fingerprint density at radius 2 is 1.71 bits per heavy atom. The zero-order valence-corrected chi connectivity index (χ0v) is 15.0. The molecule has 0 saturated carbocycles. The van der Waals surface area contributed by atoms with Crippen LogP contribution >= 0.6 is 0 Å². The Labute approximate surface area is 160 Å². The number of hydrogen-bond donors (Lipinski definition) is 1. The van der Waals surface area contributed by atoms with Crippen LogP contribution in [0.25, 0.3) is 21.9 Å². The second-order valence-corrected chi connectivity index (χ2v) is 6.71. The first-order valence-electron chi connectivity index (χ1n) is 9.09. The van der Waals surface area contributed by atoms with Crippen molar-refractivity contribution in [2.45, 2.75) is 25.3 Å². The molecule has 7 heteroatoms. The minimum absolute atomic E-state index is 0.0990. The van der Waals surface area contributed by atoms with Gasteiger partial charge in [-0.1, -0.05) is 12.1 Å². The fourth-order valence-corrected chi connectivity index (χ4v) is 3.37. The quantitative estimate of drug-likeness (QED) is 0.688. The first-order valence-corrected chi connectivity index (χ1v) is 9.09. The van der Waals surface area contributed by atoms with E-state index in [4.69, 9.17) is 4.74 Å². The molecule has 0 amide bonds. The molecule has 1 aliphatic rings. The summed E-state index contributed by atoms with van der Waals surface area (Å²) in [6.45, 7) is 1.80. The number of piperidine rings is 1. The standard InChI is InChI=1S/C21H19F3N2O2/c22-21(23,24)28-18-3-1-14(2-4-18)19-11-15-5-8-26-13-16(15)12-20(19)27-17-6-9-25-10-7-17/h1-5,8,11-13,17,25H,6-7,9-10H2. The van der Waals surface area contributed by atoms with Crippen molar-refractivity contribution < 1.29 is 22.6 Å². The summed E-state index contributed by atoms with van der Waals surface area (Å²) in [4.78, 5) is 4.16. The van der Waals surface area contributed by atoms with E-state index in [1.54, 1.807) is 24.5 Å². The number of aromatic nitrogens is 1. The van der Waals surface area contributed by atoms with Gasteiger partial charge in [-0.25, -0.2) is 0 Å². The van der Waals surface area contributed by atoms with E-state index in [-0.39, 0.29) is 11.9 Å². The number of pyridine rings is 1. The lowest BCUT2D eigenvalue weighted by atomic mass is 10.0. The normalized spacial score (nSPS) is 15.5. The molecular formula is C21H19F3N2O2. The maximum Gasteiger partial charge on any atom is 0.573 e. The Morgan fingerprint density at radius 3 is 2.43 bits per heavy atom. The third-order valence-corrected chi connectivity index (χ3v) is 4.72. The average Bonchev–Trinajstić information content (AvgIpc) is 2.68. The first-order chi connectivity index (χ1) is 13.5. The molecular weight excluding hydrogens is 369 g/mol. The van der Waals surface area contributed by atoms with Crippen molar-refractivity contribution in [3.8, 4) is 22.6 Å². The van der Waals surface area contributed by atoms with Crippen molar-refractivity contribution in [3.63, 3.8) is 0 Å². The van der Waals surface area contributed by atoms with Gasteiger partial charge in [0.05, 0.1) is 0 Å². The summed E-state index contributed by atoms with van der Waals surface area (Å²) in [6.07, 6.45) is 0.683. The summed E-state index contributed by atoms with van der Waals surface area (Å²) in [5.41, 5.74) is 1.59. The van der Waals surface area contributed by atoms with Crippen molar-refractivity contribution in [1.29, 1.82) is 0 Å². The predicted octanol–water partition coefficient (Wildman–Crippen LogP) is 4.93. The molecule has 4 nitrogen and oxygen atoms in total. The average molecular weight is 388 g/mol. The molecule has 0 unspecified atom stereocenters. The number of fused-ring (bicyclic) bond motifs is 1. The molecule has 1 saturated heterocycles. The van der Waals surface area contributed by atoms with Crippen molar-refractivity contribution in [1.82, 2.24) is 10.3 Å². The molecule has 2 heterocycles. The van der Waals surface area contributed by atoms with Crippen molar-refractivity contribution in [2.75, 3.05) is 13.1 Å². The molecule has 0 radical (unpaired) electrons. The summed E-state index contributed by atoms with van der Waals surface area (Å²) in [6, 6.07) is 11.7. The molecule has 28 heavy (non-hydrogen) atoms. The molecule has 2 aromatic carbocycles. The fourth-order valence-electron chi connectivity index (χ4n) is 3.37. The lowest BCUT2D eigenvalue weighted by molar-refractivity contribution is -0.274. The Hall–Kier alpha value is -2.80. The molecule has 3 aromatic rings. The molecule has 0 bridgehead atoms. The van der Waals surface area contributed by atoms with E-state index in [2.05, 4.69) is 15.0 Å². The van der Waals surface area contributed by atoms with Gasteiger partial charge in [0, 0.05) is 23.3 Å². The number of nitrogens with one attached hydrogen (secondary N) is 1. The Kier molecular flexibility index (Phi) is 5.09. The van der Waals surface area contributed by atoms with Gasteiger partial charge in [0.25, 0.3) is 0 Å². The summed E-state index contributed by atoms with van der Waals surface area (Å²) >= 11 is 0. The first kappa shape index (κ1) is 18.6. The van der Waals surface area contributed by atoms with Crippen LogP contribution in [-0.4, -0.2) is 30.5 Å². The number of alkyl halides is 3. The zero-order chi connectivity index (χ0) is 19.6. The number of nitrogens with zero attached hydrogens (tertiary/aromatic N) is 1. The SMILES string of the molecule is FC(F)(F)Oc1ccc(-c2cc3ccncc3cc2OC2CCNCC2)cc1. The lowest BCUT2D eigenvalue weighted by Gasteiger charge is -2.25. The Bertz CT molecular complexity index is 952. The third-order valence-electron chi connectivity index (χ3n) is 4.72. The van der Waals surface area contributed by atoms with Crippen molar-refractivity contribution in [3.05, 3.63) is 54.9 Å². The molecule has 1 fully saturated rings. The van der Waals surface area contributed by atoms with Crippen LogP contribution in [0.15, 0.2) is 54.9 Å². The van der Waals surface area contributed by atoms with E-state index in [0.717, 1.165) is 47.8 Å². The van der Waals surface area contributed by atoms with Crippen molar-refractivity contribution >= 4 is 10.8 Å². The van der Waals surface area contributed by atoms with E-state index in [1.807, 2.05) is 18.2 Å². The number of halogens is 3. The van der Waals surface area contributed by atoms with Crippen LogP contribution in [0.2, 0.25) is 0 Å². The largest absolute Gasteiger partial charge is 0.573 e. The second-order valence-electron chi connectivity index (χ2n) is 6.71. The van der Waals surface area contributed by atoms with E-state index in [0.29, 0.717) is 5.75 Å². The minimum atomic E-state index is -4.71. The van der Waals surface area contributed by atoms with Gasteiger partial charge in [0.1, 0.15) is 17.6 Å². The van der Waals surface area contributed by atoms with Crippen LogP contribution in [0.4, 0.5) is 13.2 Å². The van der Waals surface area contributed by atoms with Crippen LogP contribution in [-0.2, 0) is 0 Å². The highest BCUT2D eigenvalue weighted by atomic mass is 19.4. The molecule has 0 atom stereocenters. The third kappa shape index (κ3) is 4.36. The Morgan fingerprint density at radius 1 is 0.964 bits per heavy atom. The van der Waals surface area contributed by atoms with E-state index >= 15 is 0 Å². The van der Waals surface area contributed by atoms with Crippen LogP contribution in [0.3, 0.4) is 0 Å². The van der Waals surface area contributed by atoms with Gasteiger partial charge < -0.3 is 14.8 Å². The highest BCUT2D eigenvalue weighted by Crippen LogP contribution is 2.36. The topological polar surface area (TPSA) is 43.4 Å². The molecule has 1 aromatic heterocycles. The predicted molar refractivity (Wildman–Crippen MR) is 100 cm³/mol. The van der Waals surface area contributed by atoms with E-state index in [9.17, 15) is 13.2 Å². The molecule has 1 aliphatic heterocycles. The highest BCUT2D eigenvalue weighted by Gasteiger charge is 2.31. The summed E-state index contributed by atoms with van der Waals surface area (Å²) in [5.74, 6) is 0.457. The molecule has 146 valence electrons. The molecule has 0 spiro atoms. The fraction of sp³-hybridized carbons (Fsp3) is 0.286. The maximum absolute atomic E-state index is 12.4. The minimum Gasteiger partial charge on any atom is -0.490 e. The van der Waals surface area contributed by atoms with Gasteiger partial charge in [-0.3, -0.25) is 4.98 Å². The molecule has 4 rings (SSSR count). The molecule has 1 N–H and O–H groups in total. The number of benzene rings is 2. The second kappa shape index (κ2) is 7.67. The summed E-state index contributed by atoms with van der Waals surface area (Å²) in [5, 5.41) is 5.24. The van der Waals surface area contributed by atoms with Gasteiger partial charge in [-0.2, -0.15) is 0 Å². The van der Waals surface area contributed by atoms with E-state index in [1.165, 1.54) is 12.1 Å². The van der Waals surface area contributed by atoms with Gasteiger partial charge in [-0.15, -0.1) is 13.2 Å². The number of rotatable bonds is 4. The van der Waals surface area contributed by atoms with Gasteiger partial charge in [0.15, 0.2) is 0 Å². The van der Waals surface area contributed by atoms with Gasteiger partial charge in [-0.05, 0) is 67.2 Å². The van der Waals surface area contributed by atoms with Crippen molar-refractivity contribution in [2.24, 2.45) is 0 Å². The zero-order valence-electron chi connectivity index (χ0n) is 15.0. The molecule has 0 aliphatic carbocycles. The smallest absolute Gasteiger partial charge is 0.490 e. The Balaban J connectivity index is 1.70. The maximum atomic E-state index is 12.4. The van der Waals surface area contributed by atoms with Crippen LogP contribution in [0, 0.1) is 0 Å². The van der Waals surface area contributed by atoms with E-state index < -0.39 is 6.36 Å². The monoisotopic (exact) mass is 388 g/mol. The van der Waals surface area contributed by atoms with Gasteiger partial charge >= 0.3 is 6.36 Å². The van der Waals surface area contributed by atoms with Crippen LogP contribution in [0.5, 0.6) is 11.5 Å². The number of hydrogen-bond acceptors (Lipinski definition) is 4. The van der Waals surface area contributed by atoms with Crippen LogP contribution in [0.1, 0.15) is 12.8 Å². The highest BCUT2D eigenvalue weighted by molar-refractivity contribution is 5.90.